The van der Waals surface area contributed by atoms with Crippen LogP contribution in [0, 0.1) is 11.3 Å². The van der Waals surface area contributed by atoms with E-state index < -0.39 is 5.91 Å². The molecule has 1 aromatic heterocycles. The fourth-order valence-electron chi connectivity index (χ4n) is 1.72. The van der Waals surface area contributed by atoms with Crippen LogP contribution < -0.4 is 5.32 Å². The number of aromatic nitrogens is 1. The van der Waals surface area contributed by atoms with Crippen LogP contribution in [0.4, 0.5) is 5.69 Å². The second kappa shape index (κ2) is 8.80. The molecule has 9 heteroatoms. The van der Waals surface area contributed by atoms with E-state index in [0.717, 1.165) is 4.90 Å². The number of hydrogen-bond donors (Lipinski definition) is 1. The van der Waals surface area contributed by atoms with E-state index >= 15 is 0 Å². The van der Waals surface area contributed by atoms with Crippen molar-refractivity contribution in [3.63, 3.8) is 0 Å². The van der Waals surface area contributed by atoms with E-state index in [4.69, 9.17) is 51.7 Å². The van der Waals surface area contributed by atoms with Gasteiger partial charge in [0.05, 0.1) is 26.8 Å². The molecule has 0 aliphatic rings. The van der Waals surface area contributed by atoms with Crippen molar-refractivity contribution >= 4 is 69.8 Å². The van der Waals surface area contributed by atoms with Gasteiger partial charge in [-0.3, -0.25) is 4.79 Å². The Bertz CT molecular complexity index is 823. The van der Waals surface area contributed by atoms with E-state index in [2.05, 4.69) is 16.4 Å². The van der Waals surface area contributed by atoms with Crippen LogP contribution in [-0.4, -0.2) is 16.6 Å². The Balaban J connectivity index is 2.27. The van der Waals surface area contributed by atoms with Crippen LogP contribution >= 0.6 is 58.2 Å². The molecule has 1 amide bonds. The lowest BCUT2D eigenvalue weighted by Gasteiger charge is -2.12. The molecule has 2 rings (SSSR count). The van der Waals surface area contributed by atoms with Gasteiger partial charge in [-0.2, -0.15) is 5.26 Å². The summed E-state index contributed by atoms with van der Waals surface area (Å²) in [6, 6.07) is 9.27. The lowest BCUT2D eigenvalue weighted by Crippen LogP contribution is -2.15. The van der Waals surface area contributed by atoms with Crippen molar-refractivity contribution in [3.05, 3.63) is 50.2 Å². The molecule has 2 aromatic rings. The first-order chi connectivity index (χ1) is 11.5. The van der Waals surface area contributed by atoms with Gasteiger partial charge in [0.25, 0.3) is 5.91 Å². The second-order valence-electron chi connectivity index (χ2n) is 4.40. The number of hydrogen-bond acceptors (Lipinski definition) is 4. The van der Waals surface area contributed by atoms with Gasteiger partial charge >= 0.3 is 0 Å². The number of benzene rings is 1. The molecular weight excluding hydrogens is 412 g/mol. The van der Waals surface area contributed by atoms with Gasteiger partial charge in [-0.05, 0) is 12.1 Å². The summed E-state index contributed by atoms with van der Waals surface area (Å²) in [7, 11) is 0. The predicted octanol–water partition coefficient (Wildman–Crippen LogP) is 5.95. The molecule has 0 spiro atoms. The van der Waals surface area contributed by atoms with Crippen LogP contribution in [0.2, 0.25) is 20.2 Å². The Kier molecular flexibility index (Phi) is 7.02. The highest BCUT2D eigenvalue weighted by Crippen LogP contribution is 2.36. The van der Waals surface area contributed by atoms with Crippen molar-refractivity contribution in [2.24, 2.45) is 0 Å². The number of carbonyl (C=O) groups is 1. The van der Waals surface area contributed by atoms with Gasteiger partial charge in [0, 0.05) is 17.1 Å². The van der Waals surface area contributed by atoms with Crippen molar-refractivity contribution < 1.29 is 4.79 Å². The van der Waals surface area contributed by atoms with Crippen LogP contribution in [0.15, 0.2) is 29.2 Å². The molecule has 1 N–H and O–H groups in total. The smallest absolute Gasteiger partial charge is 0.275 e. The van der Waals surface area contributed by atoms with Gasteiger partial charge in [-0.15, -0.1) is 11.8 Å². The van der Waals surface area contributed by atoms with Crippen molar-refractivity contribution in [1.29, 1.82) is 5.26 Å². The first-order valence-corrected chi connectivity index (χ1v) is 9.05. The van der Waals surface area contributed by atoms with Crippen molar-refractivity contribution in [2.75, 3.05) is 11.1 Å². The molecule has 1 heterocycles. The molecule has 0 aliphatic heterocycles. The molecule has 0 atom stereocenters. The first kappa shape index (κ1) is 19.2. The number of thioether (sulfide) groups is 1. The highest BCUT2D eigenvalue weighted by molar-refractivity contribution is 7.99. The Hall–Kier alpha value is -1.16. The third-order valence-electron chi connectivity index (χ3n) is 2.81. The van der Waals surface area contributed by atoms with Crippen molar-refractivity contribution in [3.8, 4) is 6.07 Å². The third-order valence-corrected chi connectivity index (χ3v) is 5.56. The number of para-hydroxylation sites is 1. The number of halogens is 4. The predicted molar refractivity (Wildman–Crippen MR) is 99.6 cm³/mol. The Morgan fingerprint density at radius 1 is 1.17 bits per heavy atom. The average molecular weight is 421 g/mol. The fourth-order valence-corrected chi connectivity index (χ4v) is 3.40. The summed E-state index contributed by atoms with van der Waals surface area (Å²) in [5.41, 5.74) is 0.457. The maximum absolute atomic E-state index is 12.5. The Labute approximate surface area is 163 Å². The maximum atomic E-state index is 12.5. The molecule has 0 bridgehead atoms. The zero-order valence-corrected chi connectivity index (χ0v) is 15.8. The summed E-state index contributed by atoms with van der Waals surface area (Å²) in [5.74, 6) is 0.0508. The number of pyridine rings is 1. The fraction of sp³-hybridized carbons (Fsp3) is 0.133. The third kappa shape index (κ3) is 4.47. The van der Waals surface area contributed by atoms with Crippen LogP contribution in [-0.2, 0) is 0 Å². The number of rotatable bonds is 5. The highest BCUT2D eigenvalue weighted by Gasteiger charge is 2.21. The van der Waals surface area contributed by atoms with Crippen LogP contribution in [0.3, 0.4) is 0 Å². The lowest BCUT2D eigenvalue weighted by molar-refractivity contribution is 0.102. The largest absolute Gasteiger partial charge is 0.320 e. The minimum atomic E-state index is -0.561. The number of nitrogens with one attached hydrogen (secondary N) is 1. The number of anilines is 1. The molecule has 0 fully saturated rings. The van der Waals surface area contributed by atoms with Gasteiger partial charge in [-0.1, -0.05) is 58.5 Å². The molecule has 0 aliphatic carbocycles. The number of carbonyl (C=O) groups excluding carboxylic acids is 1. The standard InChI is InChI=1S/C15H9Cl4N3OS/c16-10-11(17)13(22-14(19)12(10)18)15(23)21-8-4-1-2-5-9(8)24-7-3-6-20/h1-2,4-5H,3,7H2,(H,21,23). The molecule has 0 saturated heterocycles. The van der Waals surface area contributed by atoms with Crippen LogP contribution in [0.1, 0.15) is 16.9 Å². The second-order valence-corrected chi connectivity index (χ2v) is 7.03. The number of nitriles is 1. The first-order valence-electron chi connectivity index (χ1n) is 6.55. The Morgan fingerprint density at radius 3 is 2.58 bits per heavy atom. The molecule has 4 nitrogen and oxygen atoms in total. The summed E-state index contributed by atoms with van der Waals surface area (Å²) in [5, 5.41) is 11.1. The highest BCUT2D eigenvalue weighted by atomic mass is 35.5. The minimum Gasteiger partial charge on any atom is -0.320 e. The van der Waals surface area contributed by atoms with Crippen LogP contribution in [0.5, 0.6) is 0 Å². The molecule has 0 unspecified atom stereocenters. The van der Waals surface area contributed by atoms with E-state index in [9.17, 15) is 4.79 Å². The number of amides is 1. The Morgan fingerprint density at radius 2 is 1.88 bits per heavy atom. The van der Waals surface area contributed by atoms with E-state index in [-0.39, 0.29) is 25.9 Å². The minimum absolute atomic E-state index is 0.00709. The van der Waals surface area contributed by atoms with Crippen molar-refractivity contribution in [1.82, 2.24) is 4.98 Å². The van der Waals surface area contributed by atoms with Gasteiger partial charge in [-0.25, -0.2) is 4.98 Å². The molecule has 124 valence electrons. The summed E-state index contributed by atoms with van der Waals surface area (Å²) < 4.78 is 0. The molecule has 0 saturated carbocycles. The van der Waals surface area contributed by atoms with E-state index in [0.29, 0.717) is 17.9 Å². The summed E-state index contributed by atoms with van der Waals surface area (Å²) >= 11 is 25.1. The molecule has 0 radical (unpaired) electrons. The van der Waals surface area contributed by atoms with Gasteiger partial charge in [0.1, 0.15) is 10.8 Å². The summed E-state index contributed by atoms with van der Waals surface area (Å²) in [6.07, 6.45) is 0.405. The molecule has 24 heavy (non-hydrogen) atoms. The SMILES string of the molecule is N#CCCSc1ccccc1NC(=O)c1nc(Cl)c(Cl)c(Cl)c1Cl. The molecule has 1 aromatic carbocycles. The van der Waals surface area contributed by atoms with Crippen LogP contribution in [0.25, 0.3) is 0 Å². The van der Waals surface area contributed by atoms with Gasteiger partial charge < -0.3 is 5.32 Å². The summed E-state index contributed by atoms with van der Waals surface area (Å²) in [6.45, 7) is 0. The van der Waals surface area contributed by atoms with E-state index in [1.807, 2.05) is 12.1 Å². The monoisotopic (exact) mass is 419 g/mol. The normalized spacial score (nSPS) is 10.3. The quantitative estimate of drug-likeness (QED) is 0.368. The molecular formula is C15H9Cl4N3OS. The summed E-state index contributed by atoms with van der Waals surface area (Å²) in [4.78, 5) is 17.2. The topological polar surface area (TPSA) is 65.8 Å². The lowest BCUT2D eigenvalue weighted by atomic mass is 10.3. The van der Waals surface area contributed by atoms with Gasteiger partial charge in [0.2, 0.25) is 0 Å². The van der Waals surface area contributed by atoms with E-state index in [1.165, 1.54) is 11.8 Å². The van der Waals surface area contributed by atoms with E-state index in [1.54, 1.807) is 12.1 Å². The van der Waals surface area contributed by atoms with Crippen molar-refractivity contribution in [2.45, 2.75) is 11.3 Å². The number of nitrogens with zero attached hydrogens (tertiary/aromatic N) is 2. The zero-order chi connectivity index (χ0) is 17.7. The average Bonchev–Trinajstić information content (AvgIpc) is 2.58. The van der Waals surface area contributed by atoms with Gasteiger partial charge in [0.15, 0.2) is 0 Å². The zero-order valence-electron chi connectivity index (χ0n) is 11.9. The maximum Gasteiger partial charge on any atom is 0.275 e.